The van der Waals surface area contributed by atoms with Gasteiger partial charge in [-0.25, -0.2) is 0 Å². The van der Waals surface area contributed by atoms with Gasteiger partial charge in [-0.05, 0) is 71.7 Å². The van der Waals surface area contributed by atoms with Gasteiger partial charge < -0.3 is 14.8 Å². The van der Waals surface area contributed by atoms with Gasteiger partial charge in [0.2, 0.25) is 0 Å². The van der Waals surface area contributed by atoms with Crippen LogP contribution < -0.4 is 14.8 Å². The molecule has 0 aromatic heterocycles. The van der Waals surface area contributed by atoms with E-state index < -0.39 is 6.10 Å². The maximum absolute atomic E-state index is 12.2. The molecule has 1 N–H and O–H groups in total. The Kier molecular flexibility index (Phi) is 5.44. The van der Waals surface area contributed by atoms with Gasteiger partial charge in [0.25, 0.3) is 5.91 Å². The highest BCUT2D eigenvalue weighted by Gasteiger charge is 2.16. The molecule has 1 unspecified atom stereocenters. The third-order valence-electron chi connectivity index (χ3n) is 3.12. The average Bonchev–Trinajstić information content (AvgIpc) is 2.50. The lowest BCUT2D eigenvalue weighted by Gasteiger charge is -2.15. The van der Waals surface area contributed by atoms with Crippen LogP contribution in [0.15, 0.2) is 46.9 Å². The number of aryl methyl sites for hydroxylation is 1. The van der Waals surface area contributed by atoms with Crippen LogP contribution in [0.3, 0.4) is 0 Å². The number of methoxy groups -OCH3 is 1. The standard InChI is InChI=1S/C17H18BrNO3/c1-11-4-9-16(15(18)10-11)19-17(20)12(2)22-14-7-5-13(21-3)6-8-14/h4-10,12H,1-3H3,(H,19,20). The summed E-state index contributed by atoms with van der Waals surface area (Å²) in [6, 6.07) is 12.9. The molecule has 0 aliphatic carbocycles. The number of ether oxygens (including phenoxy) is 2. The Labute approximate surface area is 138 Å². The second-order valence-corrected chi connectivity index (χ2v) is 5.76. The minimum Gasteiger partial charge on any atom is -0.497 e. The summed E-state index contributed by atoms with van der Waals surface area (Å²) in [5, 5.41) is 2.84. The van der Waals surface area contributed by atoms with E-state index in [4.69, 9.17) is 9.47 Å². The lowest BCUT2D eigenvalue weighted by molar-refractivity contribution is -0.122. The van der Waals surface area contributed by atoms with E-state index in [1.165, 1.54) is 0 Å². The molecule has 0 fully saturated rings. The molecular formula is C17H18BrNO3. The summed E-state index contributed by atoms with van der Waals surface area (Å²) < 4.78 is 11.6. The molecule has 0 radical (unpaired) electrons. The van der Waals surface area contributed by atoms with Crippen molar-refractivity contribution in [2.24, 2.45) is 0 Å². The molecular weight excluding hydrogens is 346 g/mol. The quantitative estimate of drug-likeness (QED) is 0.866. The monoisotopic (exact) mass is 363 g/mol. The third kappa shape index (κ3) is 4.24. The normalized spacial score (nSPS) is 11.6. The lowest BCUT2D eigenvalue weighted by atomic mass is 10.2. The lowest BCUT2D eigenvalue weighted by Crippen LogP contribution is -2.30. The van der Waals surface area contributed by atoms with Gasteiger partial charge >= 0.3 is 0 Å². The first kappa shape index (κ1) is 16.4. The number of anilines is 1. The van der Waals surface area contributed by atoms with Crippen molar-refractivity contribution >= 4 is 27.5 Å². The Morgan fingerprint density at radius 1 is 1.14 bits per heavy atom. The molecule has 116 valence electrons. The van der Waals surface area contributed by atoms with Gasteiger partial charge in [-0.2, -0.15) is 0 Å². The molecule has 1 atom stereocenters. The second-order valence-electron chi connectivity index (χ2n) is 4.91. The van der Waals surface area contributed by atoms with E-state index in [1.54, 1.807) is 38.3 Å². The number of amides is 1. The number of benzene rings is 2. The maximum atomic E-state index is 12.2. The maximum Gasteiger partial charge on any atom is 0.265 e. The molecule has 0 saturated heterocycles. The Morgan fingerprint density at radius 3 is 2.36 bits per heavy atom. The first-order valence-corrected chi connectivity index (χ1v) is 7.66. The molecule has 4 nitrogen and oxygen atoms in total. The summed E-state index contributed by atoms with van der Waals surface area (Å²) in [5.41, 5.74) is 1.84. The zero-order chi connectivity index (χ0) is 16.1. The second kappa shape index (κ2) is 7.31. The predicted octanol–water partition coefficient (Wildman–Crippen LogP) is 4.17. The van der Waals surface area contributed by atoms with Crippen molar-refractivity contribution in [3.05, 3.63) is 52.5 Å². The zero-order valence-electron chi connectivity index (χ0n) is 12.7. The molecule has 0 spiro atoms. The van der Waals surface area contributed by atoms with E-state index in [0.717, 1.165) is 21.5 Å². The predicted molar refractivity (Wildman–Crippen MR) is 90.6 cm³/mol. The molecule has 2 aromatic carbocycles. The van der Waals surface area contributed by atoms with Crippen molar-refractivity contribution in [2.45, 2.75) is 20.0 Å². The zero-order valence-corrected chi connectivity index (χ0v) is 14.3. The van der Waals surface area contributed by atoms with Gasteiger partial charge in [-0.1, -0.05) is 6.07 Å². The molecule has 2 rings (SSSR count). The summed E-state index contributed by atoms with van der Waals surface area (Å²) in [6.07, 6.45) is -0.610. The Hall–Kier alpha value is -2.01. The smallest absolute Gasteiger partial charge is 0.265 e. The van der Waals surface area contributed by atoms with E-state index >= 15 is 0 Å². The number of carbonyl (C=O) groups is 1. The van der Waals surface area contributed by atoms with Crippen LogP contribution in [0, 0.1) is 6.92 Å². The van der Waals surface area contributed by atoms with Crippen molar-refractivity contribution in [3.63, 3.8) is 0 Å². The number of hydrogen-bond acceptors (Lipinski definition) is 3. The van der Waals surface area contributed by atoms with E-state index in [-0.39, 0.29) is 5.91 Å². The van der Waals surface area contributed by atoms with Crippen molar-refractivity contribution in [1.82, 2.24) is 0 Å². The molecule has 0 saturated carbocycles. The number of halogens is 1. The number of rotatable bonds is 5. The van der Waals surface area contributed by atoms with Crippen LogP contribution in [0.5, 0.6) is 11.5 Å². The van der Waals surface area contributed by atoms with Crippen LogP contribution in [-0.2, 0) is 4.79 Å². The first-order chi connectivity index (χ1) is 10.5. The van der Waals surface area contributed by atoms with E-state index in [0.29, 0.717) is 5.75 Å². The summed E-state index contributed by atoms with van der Waals surface area (Å²) in [5.74, 6) is 1.15. The fourth-order valence-electron chi connectivity index (χ4n) is 1.87. The minimum atomic E-state index is -0.610. The number of hydrogen-bond donors (Lipinski definition) is 1. The fourth-order valence-corrected chi connectivity index (χ4v) is 2.46. The van der Waals surface area contributed by atoms with Crippen molar-refractivity contribution in [2.75, 3.05) is 12.4 Å². The topological polar surface area (TPSA) is 47.6 Å². The van der Waals surface area contributed by atoms with E-state index in [2.05, 4.69) is 21.2 Å². The van der Waals surface area contributed by atoms with E-state index in [1.807, 2.05) is 25.1 Å². The fraction of sp³-hybridized carbons (Fsp3) is 0.235. The van der Waals surface area contributed by atoms with Gasteiger partial charge in [0.05, 0.1) is 12.8 Å². The van der Waals surface area contributed by atoms with Crippen LogP contribution in [0.4, 0.5) is 5.69 Å². The van der Waals surface area contributed by atoms with Crippen molar-refractivity contribution in [1.29, 1.82) is 0 Å². The average molecular weight is 364 g/mol. The number of carbonyl (C=O) groups excluding carboxylic acids is 1. The molecule has 5 heteroatoms. The Balaban J connectivity index is 1.99. The highest BCUT2D eigenvalue weighted by atomic mass is 79.9. The third-order valence-corrected chi connectivity index (χ3v) is 3.78. The molecule has 0 aliphatic heterocycles. The molecule has 0 aliphatic rings. The number of nitrogens with one attached hydrogen (secondary N) is 1. The molecule has 0 heterocycles. The van der Waals surface area contributed by atoms with Gasteiger partial charge in [0.1, 0.15) is 11.5 Å². The SMILES string of the molecule is COc1ccc(OC(C)C(=O)Nc2ccc(C)cc2Br)cc1. The van der Waals surface area contributed by atoms with Gasteiger partial charge in [0, 0.05) is 4.47 Å². The van der Waals surface area contributed by atoms with Gasteiger partial charge in [0.15, 0.2) is 6.10 Å². The summed E-state index contributed by atoms with van der Waals surface area (Å²) >= 11 is 3.44. The molecule has 22 heavy (non-hydrogen) atoms. The van der Waals surface area contributed by atoms with Gasteiger partial charge in [-0.3, -0.25) is 4.79 Å². The van der Waals surface area contributed by atoms with Crippen LogP contribution in [0.2, 0.25) is 0 Å². The highest BCUT2D eigenvalue weighted by molar-refractivity contribution is 9.10. The summed E-state index contributed by atoms with van der Waals surface area (Å²) in [6.45, 7) is 3.70. The largest absolute Gasteiger partial charge is 0.497 e. The Bertz CT molecular complexity index is 655. The van der Waals surface area contributed by atoms with Crippen LogP contribution >= 0.6 is 15.9 Å². The summed E-state index contributed by atoms with van der Waals surface area (Å²) in [7, 11) is 1.60. The van der Waals surface area contributed by atoms with Crippen LogP contribution in [-0.4, -0.2) is 19.1 Å². The Morgan fingerprint density at radius 2 is 1.77 bits per heavy atom. The van der Waals surface area contributed by atoms with E-state index in [9.17, 15) is 4.79 Å². The van der Waals surface area contributed by atoms with Crippen LogP contribution in [0.25, 0.3) is 0 Å². The van der Waals surface area contributed by atoms with Crippen molar-refractivity contribution < 1.29 is 14.3 Å². The molecule has 2 aromatic rings. The van der Waals surface area contributed by atoms with Crippen molar-refractivity contribution in [3.8, 4) is 11.5 Å². The highest BCUT2D eigenvalue weighted by Crippen LogP contribution is 2.24. The molecule has 1 amide bonds. The first-order valence-electron chi connectivity index (χ1n) is 6.87. The summed E-state index contributed by atoms with van der Waals surface area (Å²) in [4.78, 5) is 12.2. The molecule has 0 bridgehead atoms. The van der Waals surface area contributed by atoms with Gasteiger partial charge in [-0.15, -0.1) is 0 Å². The minimum absolute atomic E-state index is 0.208. The van der Waals surface area contributed by atoms with Crippen LogP contribution in [0.1, 0.15) is 12.5 Å².